The summed E-state index contributed by atoms with van der Waals surface area (Å²) in [5.41, 5.74) is 1.11. The van der Waals surface area contributed by atoms with E-state index in [1.165, 1.54) is 0 Å². The fourth-order valence-corrected chi connectivity index (χ4v) is 2.17. The van der Waals surface area contributed by atoms with Gasteiger partial charge in [0, 0.05) is 5.39 Å². The van der Waals surface area contributed by atoms with Crippen molar-refractivity contribution < 1.29 is 18.7 Å². The van der Waals surface area contributed by atoms with E-state index in [1.54, 1.807) is 32.2 Å². The van der Waals surface area contributed by atoms with Crippen molar-refractivity contribution in [1.29, 1.82) is 0 Å². The molecule has 18 heavy (non-hydrogen) atoms. The molecule has 0 radical (unpaired) electrons. The van der Waals surface area contributed by atoms with Gasteiger partial charge >= 0.3 is 5.97 Å². The predicted molar refractivity (Wildman–Crippen MR) is 71.4 cm³/mol. The molecule has 4 nitrogen and oxygen atoms in total. The number of hydrogen-bond donors (Lipinski definition) is 0. The van der Waals surface area contributed by atoms with E-state index in [4.69, 9.17) is 13.9 Å². The highest BCUT2D eigenvalue weighted by atomic mass is 79.9. The average molecular weight is 313 g/mol. The molecule has 0 atom stereocenters. The van der Waals surface area contributed by atoms with Gasteiger partial charge in [0.1, 0.15) is 22.7 Å². The van der Waals surface area contributed by atoms with E-state index in [0.717, 1.165) is 0 Å². The third kappa shape index (κ3) is 2.22. The number of furan rings is 1. The molecule has 0 bridgehead atoms. The number of methoxy groups -OCH3 is 1. The minimum absolute atomic E-state index is 0.331. The Morgan fingerprint density at radius 1 is 1.44 bits per heavy atom. The maximum atomic E-state index is 12.0. The molecule has 0 fully saturated rings. The smallest absolute Gasteiger partial charge is 0.342 e. The highest BCUT2D eigenvalue weighted by Gasteiger charge is 2.21. The van der Waals surface area contributed by atoms with Gasteiger partial charge in [0.25, 0.3) is 0 Å². The van der Waals surface area contributed by atoms with Gasteiger partial charge in [0.15, 0.2) is 0 Å². The Bertz CT molecular complexity index is 574. The molecule has 0 unspecified atom stereocenters. The lowest BCUT2D eigenvalue weighted by Gasteiger charge is -2.02. The van der Waals surface area contributed by atoms with Crippen molar-refractivity contribution >= 4 is 32.9 Å². The number of carbonyl (C=O) groups is 1. The number of rotatable bonds is 4. The second kappa shape index (κ2) is 5.44. The van der Waals surface area contributed by atoms with Gasteiger partial charge in [-0.2, -0.15) is 0 Å². The molecule has 2 rings (SSSR count). The van der Waals surface area contributed by atoms with Crippen molar-refractivity contribution in [1.82, 2.24) is 0 Å². The summed E-state index contributed by atoms with van der Waals surface area (Å²) in [4.78, 5) is 12.0. The SMILES string of the molecule is CCOC(=O)c1c(CBr)oc2ccc(OC)cc12. The Balaban J connectivity index is 2.62. The van der Waals surface area contributed by atoms with Gasteiger partial charge in [-0.1, -0.05) is 15.9 Å². The average Bonchev–Trinajstić information content (AvgIpc) is 2.76. The zero-order valence-corrected chi connectivity index (χ0v) is 11.7. The summed E-state index contributed by atoms with van der Waals surface area (Å²) in [5, 5.41) is 1.17. The highest BCUT2D eigenvalue weighted by Crippen LogP contribution is 2.31. The number of ether oxygens (including phenoxy) is 2. The first-order valence-electron chi connectivity index (χ1n) is 5.53. The molecule has 1 aromatic carbocycles. The molecule has 1 aromatic heterocycles. The van der Waals surface area contributed by atoms with Crippen molar-refractivity contribution in [3.63, 3.8) is 0 Å². The summed E-state index contributed by atoms with van der Waals surface area (Å²) < 4.78 is 15.8. The summed E-state index contributed by atoms with van der Waals surface area (Å²) in [6.45, 7) is 2.10. The minimum Gasteiger partial charge on any atom is -0.497 e. The number of hydrogen-bond acceptors (Lipinski definition) is 4. The lowest BCUT2D eigenvalue weighted by molar-refractivity contribution is 0.0526. The van der Waals surface area contributed by atoms with E-state index in [9.17, 15) is 4.79 Å². The fourth-order valence-electron chi connectivity index (χ4n) is 1.78. The minimum atomic E-state index is -0.376. The van der Waals surface area contributed by atoms with Crippen LogP contribution in [0.25, 0.3) is 11.0 Å². The van der Waals surface area contributed by atoms with Crippen molar-refractivity contribution in [2.45, 2.75) is 12.3 Å². The third-order valence-electron chi connectivity index (χ3n) is 2.57. The van der Waals surface area contributed by atoms with Gasteiger partial charge in [-0.05, 0) is 25.1 Å². The van der Waals surface area contributed by atoms with Crippen LogP contribution in [0.15, 0.2) is 22.6 Å². The van der Waals surface area contributed by atoms with Crippen LogP contribution in [0.5, 0.6) is 5.75 Å². The Morgan fingerprint density at radius 2 is 2.22 bits per heavy atom. The maximum absolute atomic E-state index is 12.0. The number of esters is 1. The molecule has 2 aromatic rings. The molecular weight excluding hydrogens is 300 g/mol. The summed E-state index contributed by atoms with van der Waals surface area (Å²) in [5.74, 6) is 0.866. The topological polar surface area (TPSA) is 48.7 Å². The standard InChI is InChI=1S/C13H13BrO4/c1-3-17-13(15)12-9-6-8(16-2)4-5-10(9)18-11(12)7-14/h4-6H,3,7H2,1-2H3. The van der Waals surface area contributed by atoms with Crippen LogP contribution in [0.4, 0.5) is 0 Å². The first-order valence-corrected chi connectivity index (χ1v) is 6.65. The number of carbonyl (C=O) groups excluding carboxylic acids is 1. The van der Waals surface area contributed by atoms with E-state index < -0.39 is 0 Å². The molecule has 0 saturated carbocycles. The van der Waals surface area contributed by atoms with Crippen molar-refractivity contribution in [3.05, 3.63) is 29.5 Å². The van der Waals surface area contributed by atoms with Crippen LogP contribution in [-0.4, -0.2) is 19.7 Å². The van der Waals surface area contributed by atoms with E-state index >= 15 is 0 Å². The molecule has 0 saturated heterocycles. The molecule has 0 aliphatic carbocycles. The maximum Gasteiger partial charge on any atom is 0.342 e. The number of benzene rings is 1. The molecular formula is C13H13BrO4. The summed E-state index contributed by atoms with van der Waals surface area (Å²) >= 11 is 3.31. The summed E-state index contributed by atoms with van der Waals surface area (Å²) in [6, 6.07) is 5.35. The van der Waals surface area contributed by atoms with E-state index in [2.05, 4.69) is 15.9 Å². The fraction of sp³-hybridized carbons (Fsp3) is 0.308. The van der Waals surface area contributed by atoms with E-state index in [1.807, 2.05) is 0 Å². The quantitative estimate of drug-likeness (QED) is 0.640. The Hall–Kier alpha value is -1.49. The van der Waals surface area contributed by atoms with Crippen LogP contribution >= 0.6 is 15.9 Å². The zero-order valence-electron chi connectivity index (χ0n) is 10.2. The van der Waals surface area contributed by atoms with E-state index in [0.29, 0.717) is 40.0 Å². The Kier molecular flexibility index (Phi) is 3.91. The second-order valence-corrected chi connectivity index (χ2v) is 4.18. The second-order valence-electron chi connectivity index (χ2n) is 3.62. The molecule has 0 aliphatic rings. The molecule has 5 heteroatoms. The Labute approximate surface area is 113 Å². The lowest BCUT2D eigenvalue weighted by Crippen LogP contribution is -2.05. The van der Waals surface area contributed by atoms with Gasteiger partial charge in [-0.15, -0.1) is 0 Å². The van der Waals surface area contributed by atoms with Crippen LogP contribution < -0.4 is 4.74 Å². The molecule has 0 N–H and O–H groups in total. The molecule has 1 heterocycles. The predicted octanol–water partition coefficient (Wildman–Crippen LogP) is 3.51. The number of fused-ring (bicyclic) bond motifs is 1. The van der Waals surface area contributed by atoms with Crippen LogP contribution in [-0.2, 0) is 10.1 Å². The number of halogens is 1. The van der Waals surface area contributed by atoms with Gasteiger partial charge in [0.2, 0.25) is 0 Å². The van der Waals surface area contributed by atoms with Gasteiger partial charge < -0.3 is 13.9 Å². The van der Waals surface area contributed by atoms with Crippen LogP contribution in [0, 0.1) is 0 Å². The molecule has 0 amide bonds. The first kappa shape index (κ1) is 13.0. The highest BCUT2D eigenvalue weighted by molar-refractivity contribution is 9.08. The van der Waals surface area contributed by atoms with Gasteiger partial charge in [-0.25, -0.2) is 4.79 Å². The Morgan fingerprint density at radius 3 is 2.83 bits per heavy atom. The van der Waals surface area contributed by atoms with Gasteiger partial charge in [0.05, 0.1) is 19.0 Å². The van der Waals surface area contributed by atoms with Crippen molar-refractivity contribution in [3.8, 4) is 5.75 Å². The van der Waals surface area contributed by atoms with Crippen LogP contribution in [0.3, 0.4) is 0 Å². The molecule has 96 valence electrons. The monoisotopic (exact) mass is 312 g/mol. The van der Waals surface area contributed by atoms with Crippen molar-refractivity contribution in [2.75, 3.05) is 13.7 Å². The largest absolute Gasteiger partial charge is 0.497 e. The zero-order chi connectivity index (χ0) is 13.1. The molecule has 0 spiro atoms. The summed E-state index contributed by atoms with van der Waals surface area (Å²) in [6.07, 6.45) is 0. The third-order valence-corrected chi connectivity index (χ3v) is 3.08. The summed E-state index contributed by atoms with van der Waals surface area (Å²) in [7, 11) is 1.58. The van der Waals surface area contributed by atoms with Crippen LogP contribution in [0.2, 0.25) is 0 Å². The molecule has 0 aliphatic heterocycles. The van der Waals surface area contributed by atoms with Crippen molar-refractivity contribution in [2.24, 2.45) is 0 Å². The van der Waals surface area contributed by atoms with E-state index in [-0.39, 0.29) is 5.97 Å². The number of alkyl halides is 1. The normalized spacial score (nSPS) is 10.6. The van der Waals surface area contributed by atoms with Gasteiger partial charge in [-0.3, -0.25) is 0 Å². The first-order chi connectivity index (χ1) is 8.71. The van der Waals surface area contributed by atoms with Crippen LogP contribution in [0.1, 0.15) is 23.0 Å². The lowest BCUT2D eigenvalue weighted by atomic mass is 10.1.